The zero-order chi connectivity index (χ0) is 35.9. The topological polar surface area (TPSA) is 36.9 Å². The summed E-state index contributed by atoms with van der Waals surface area (Å²) in [7, 11) is 0. The highest BCUT2D eigenvalue weighted by Gasteiger charge is 2.16. The van der Waals surface area contributed by atoms with E-state index in [1.165, 1.54) is 103 Å². The molecule has 0 bridgehead atoms. The third-order valence-electron chi connectivity index (χ3n) is 11.6. The molecule has 4 atom stereocenters. The molecule has 0 amide bonds. The summed E-state index contributed by atoms with van der Waals surface area (Å²) >= 11 is 0. The van der Waals surface area contributed by atoms with Crippen LogP contribution in [-0.4, -0.2) is 44.9 Å². The van der Waals surface area contributed by atoms with Gasteiger partial charge in [0.15, 0.2) is 6.29 Å². The van der Waals surface area contributed by atoms with Gasteiger partial charge in [0.05, 0.1) is 25.4 Å². The minimum absolute atomic E-state index is 0. The van der Waals surface area contributed by atoms with Crippen molar-refractivity contribution in [2.45, 2.75) is 212 Å². The third-order valence-corrected chi connectivity index (χ3v) is 11.6. The maximum absolute atomic E-state index is 5.39. The normalized spacial score (nSPS) is 38.9. The van der Waals surface area contributed by atoms with Gasteiger partial charge in [-0.05, 0) is 93.8 Å². The van der Waals surface area contributed by atoms with Crippen LogP contribution in [-0.2, 0) is 18.9 Å². The van der Waals surface area contributed by atoms with Gasteiger partial charge in [0, 0.05) is 22.0 Å². The van der Waals surface area contributed by atoms with E-state index in [2.05, 4.69) is 76.2 Å². The minimum Gasteiger partial charge on any atom is -0.378 e. The van der Waals surface area contributed by atoms with E-state index in [1.54, 1.807) is 0 Å². The molecule has 6 aliphatic rings. The monoisotopic (exact) mass is 701 g/mol. The predicted octanol–water partition coefficient (Wildman–Crippen LogP) is 14.3. The maximum atomic E-state index is 5.39. The first-order valence-electron chi connectivity index (χ1n) is 21.2. The molecule has 3 aliphatic carbocycles. The van der Waals surface area contributed by atoms with E-state index < -0.39 is 0 Å². The molecule has 4 nitrogen and oxygen atoms in total. The van der Waals surface area contributed by atoms with E-state index in [0.717, 1.165) is 73.8 Å². The second kappa shape index (κ2) is 29.3. The molecule has 0 spiro atoms. The summed E-state index contributed by atoms with van der Waals surface area (Å²) in [6, 6.07) is 0. The summed E-state index contributed by atoms with van der Waals surface area (Å²) < 4.78 is 21.1. The Bertz CT molecular complexity index is 478. The van der Waals surface area contributed by atoms with Crippen molar-refractivity contribution < 1.29 is 21.8 Å². The van der Waals surface area contributed by atoms with Crippen LogP contribution in [0.4, 0.5) is 0 Å². The van der Waals surface area contributed by atoms with Gasteiger partial charge in [0.2, 0.25) is 0 Å². The first kappa shape index (κ1) is 48.8. The van der Waals surface area contributed by atoms with Crippen LogP contribution in [0.1, 0.15) is 196 Å². The van der Waals surface area contributed by atoms with Gasteiger partial charge in [0.1, 0.15) is 0 Å². The van der Waals surface area contributed by atoms with E-state index in [9.17, 15) is 0 Å². The maximum Gasteiger partial charge on any atom is 0.154 e. The molecular weight excluding hydrogens is 604 g/mol. The average Bonchev–Trinajstić information content (AvgIpc) is 3.07. The smallest absolute Gasteiger partial charge is 0.154 e. The van der Waals surface area contributed by atoms with Crippen LogP contribution >= 0.6 is 0 Å². The molecule has 3 saturated heterocycles. The van der Waals surface area contributed by atoms with Gasteiger partial charge in [-0.3, -0.25) is 0 Å². The Labute approximate surface area is 312 Å². The lowest BCUT2D eigenvalue weighted by atomic mass is 9.84. The molecule has 6 rings (SSSR count). The van der Waals surface area contributed by atoms with E-state index in [-0.39, 0.29) is 16.6 Å². The third kappa shape index (κ3) is 28.1. The molecule has 4 heteroatoms. The largest absolute Gasteiger partial charge is 0.378 e. The number of hydrogen-bond donors (Lipinski definition) is 0. The highest BCUT2D eigenvalue weighted by atomic mass is 16.7. The molecular formula is C45H96O4. The Balaban J connectivity index is -0.000000536. The van der Waals surface area contributed by atoms with Crippen LogP contribution in [0.25, 0.3) is 0 Å². The first-order valence-corrected chi connectivity index (χ1v) is 21.2. The second-order valence-electron chi connectivity index (χ2n) is 18.1. The van der Waals surface area contributed by atoms with Gasteiger partial charge in [-0.25, -0.2) is 0 Å². The van der Waals surface area contributed by atoms with Crippen LogP contribution in [0, 0.1) is 53.3 Å². The molecule has 0 aromatic carbocycles. The zero-order valence-electron chi connectivity index (χ0n) is 34.7. The van der Waals surface area contributed by atoms with Gasteiger partial charge in [0.25, 0.3) is 0 Å². The molecule has 0 aromatic rings. The Morgan fingerprint density at radius 1 is 0.265 bits per heavy atom. The minimum atomic E-state index is 0. The van der Waals surface area contributed by atoms with Crippen molar-refractivity contribution in [2.24, 2.45) is 53.3 Å². The van der Waals surface area contributed by atoms with Crippen molar-refractivity contribution in [2.75, 3.05) is 26.4 Å². The average molecular weight is 701 g/mol. The Kier molecular flexibility index (Phi) is 29.2. The zero-order valence-corrected chi connectivity index (χ0v) is 34.7. The predicted molar refractivity (Wildman–Crippen MR) is 220 cm³/mol. The van der Waals surface area contributed by atoms with E-state index >= 15 is 0 Å². The van der Waals surface area contributed by atoms with Crippen molar-refractivity contribution in [3.63, 3.8) is 0 Å². The summed E-state index contributed by atoms with van der Waals surface area (Å²) in [4.78, 5) is 0. The SMILES string of the molecule is C.CC1CCC(C)CC1.CC1CCC(C)CC1.CC1CCC(C)CC1.CC1CCC(C)OC1.CC1CCC(C)OC1.CC1COC(C)OC1.[HH].[HH]. The Hall–Kier alpha value is -0.160. The number of hydrogen-bond acceptors (Lipinski definition) is 4. The quantitative estimate of drug-likeness (QED) is 0.252. The number of ether oxygens (including phenoxy) is 4. The summed E-state index contributed by atoms with van der Waals surface area (Å²) in [6.07, 6.45) is 23.9. The van der Waals surface area contributed by atoms with Crippen molar-refractivity contribution in [1.29, 1.82) is 0 Å². The van der Waals surface area contributed by atoms with Gasteiger partial charge < -0.3 is 18.9 Å². The van der Waals surface area contributed by atoms with Crippen molar-refractivity contribution in [1.82, 2.24) is 0 Å². The highest BCUT2D eigenvalue weighted by Crippen LogP contribution is 2.29. The van der Waals surface area contributed by atoms with Crippen molar-refractivity contribution in [3.05, 3.63) is 0 Å². The van der Waals surface area contributed by atoms with Gasteiger partial charge in [-0.15, -0.1) is 0 Å². The lowest BCUT2D eigenvalue weighted by Crippen LogP contribution is -2.27. The summed E-state index contributed by atoms with van der Waals surface area (Å²) in [5.74, 6) is 8.29. The lowest BCUT2D eigenvalue weighted by Gasteiger charge is -2.24. The summed E-state index contributed by atoms with van der Waals surface area (Å²) in [5.41, 5.74) is 0. The Morgan fingerprint density at radius 2 is 0.469 bits per heavy atom. The highest BCUT2D eigenvalue weighted by molar-refractivity contribution is 4.68. The van der Waals surface area contributed by atoms with Crippen molar-refractivity contribution in [3.8, 4) is 0 Å². The van der Waals surface area contributed by atoms with E-state index in [4.69, 9.17) is 18.9 Å². The molecule has 4 unspecified atom stereocenters. The molecule has 0 N–H and O–H groups in total. The molecule has 49 heavy (non-hydrogen) atoms. The van der Waals surface area contributed by atoms with Gasteiger partial charge in [-0.1, -0.05) is 147 Å². The van der Waals surface area contributed by atoms with Gasteiger partial charge in [-0.2, -0.15) is 0 Å². The fraction of sp³-hybridized carbons (Fsp3) is 1.00. The molecule has 3 saturated carbocycles. The van der Waals surface area contributed by atoms with Crippen molar-refractivity contribution >= 4 is 0 Å². The van der Waals surface area contributed by atoms with Crippen LogP contribution in [0.3, 0.4) is 0 Å². The molecule has 3 heterocycles. The molecule has 0 aromatic heterocycles. The van der Waals surface area contributed by atoms with Gasteiger partial charge >= 0.3 is 0 Å². The van der Waals surface area contributed by atoms with E-state index in [0.29, 0.717) is 18.1 Å². The number of rotatable bonds is 0. The lowest BCUT2D eigenvalue weighted by molar-refractivity contribution is -0.187. The van der Waals surface area contributed by atoms with Crippen LogP contribution in [0.15, 0.2) is 0 Å². The van der Waals surface area contributed by atoms with Crippen LogP contribution < -0.4 is 0 Å². The van der Waals surface area contributed by atoms with Crippen LogP contribution in [0.2, 0.25) is 0 Å². The second-order valence-corrected chi connectivity index (χ2v) is 18.1. The van der Waals surface area contributed by atoms with E-state index in [1.807, 2.05) is 6.92 Å². The van der Waals surface area contributed by atoms with Crippen LogP contribution in [0.5, 0.6) is 0 Å². The molecule has 6 fully saturated rings. The fourth-order valence-electron chi connectivity index (χ4n) is 7.00. The summed E-state index contributed by atoms with van der Waals surface area (Å²) in [6.45, 7) is 30.7. The molecule has 0 radical (unpaired) electrons. The first-order chi connectivity index (χ1) is 22.7. The fourth-order valence-corrected chi connectivity index (χ4v) is 7.00. The molecule has 3 aliphatic heterocycles. The Morgan fingerprint density at radius 3 is 0.633 bits per heavy atom. The molecule has 300 valence electrons. The summed E-state index contributed by atoms with van der Waals surface area (Å²) in [5, 5.41) is 0. The standard InChI is InChI=1S/3C8H16.2C7H14O.C6H12O2.CH4.2H2/c3*1-7-3-5-8(2)6-4-7;2*1-6-3-4-7(2)8-5-6;1-5-3-7-6(2)8-4-5;;;/h3*7-8H,3-6H2,1-2H3;2*6-7H,3-5H2,1-2H3;5-6H,3-4H2,1-2H3;1H4;2*1H.